The Kier molecular flexibility index (Phi) is 4.10. The predicted octanol–water partition coefficient (Wildman–Crippen LogP) is 2.85. The van der Waals surface area contributed by atoms with E-state index in [-0.39, 0.29) is 0 Å². The summed E-state index contributed by atoms with van der Waals surface area (Å²) in [4.78, 5) is 2.38. The second-order valence-electron chi connectivity index (χ2n) is 5.58. The molecule has 3 rings (SSSR count). The van der Waals surface area contributed by atoms with Gasteiger partial charge >= 0.3 is 0 Å². The molecule has 104 valence electrons. The van der Waals surface area contributed by atoms with Gasteiger partial charge in [-0.15, -0.1) is 0 Å². The lowest BCUT2D eigenvalue weighted by molar-refractivity contribution is 0.172. The topological polar surface area (TPSA) is 21.7 Å². The number of nitrogens with zero attached hydrogens (tertiary/aromatic N) is 1. The zero-order valence-corrected chi connectivity index (χ0v) is 12.9. The van der Waals surface area contributed by atoms with Crippen LogP contribution in [0.1, 0.15) is 17.5 Å². The van der Waals surface area contributed by atoms with Gasteiger partial charge in [-0.25, -0.2) is 0 Å². The molecule has 2 aliphatic rings. The summed E-state index contributed by atoms with van der Waals surface area (Å²) in [6, 6.07) is 4.36. The standard InChI is InChI=1S/C15H20BrNO2/c1-17(8-11-2-4-18-10-11)9-13-7-14(16)6-12-3-5-19-15(12)13/h6-7,11H,2-5,8-10H2,1H3. The fraction of sp³-hybridized carbons (Fsp3) is 0.600. The summed E-state index contributed by atoms with van der Waals surface area (Å²) in [6.45, 7) is 4.70. The third kappa shape index (κ3) is 3.12. The molecule has 1 aromatic rings. The van der Waals surface area contributed by atoms with Crippen LogP contribution in [0.3, 0.4) is 0 Å². The number of halogens is 1. The number of ether oxygens (including phenoxy) is 2. The summed E-state index contributed by atoms with van der Waals surface area (Å²) in [5.41, 5.74) is 2.63. The lowest BCUT2D eigenvalue weighted by Crippen LogP contribution is -2.25. The minimum absolute atomic E-state index is 0.686. The Morgan fingerprint density at radius 2 is 2.26 bits per heavy atom. The van der Waals surface area contributed by atoms with Gasteiger partial charge in [-0.05, 0) is 37.1 Å². The van der Waals surface area contributed by atoms with Crippen LogP contribution in [0.4, 0.5) is 0 Å². The van der Waals surface area contributed by atoms with Crippen LogP contribution in [-0.2, 0) is 17.7 Å². The van der Waals surface area contributed by atoms with Gasteiger partial charge in [-0.2, -0.15) is 0 Å². The maximum atomic E-state index is 5.78. The zero-order chi connectivity index (χ0) is 13.2. The van der Waals surface area contributed by atoms with E-state index in [0.717, 1.165) is 49.6 Å². The third-order valence-corrected chi connectivity index (χ3v) is 4.32. The van der Waals surface area contributed by atoms with E-state index >= 15 is 0 Å². The van der Waals surface area contributed by atoms with E-state index in [1.807, 2.05) is 0 Å². The van der Waals surface area contributed by atoms with Crippen LogP contribution in [-0.4, -0.2) is 38.3 Å². The molecule has 0 radical (unpaired) electrons. The summed E-state index contributed by atoms with van der Waals surface area (Å²) in [5.74, 6) is 1.80. The Balaban J connectivity index is 1.68. The highest BCUT2D eigenvalue weighted by molar-refractivity contribution is 9.10. The molecule has 0 N–H and O–H groups in total. The molecule has 0 spiro atoms. The van der Waals surface area contributed by atoms with Crippen molar-refractivity contribution in [3.63, 3.8) is 0 Å². The smallest absolute Gasteiger partial charge is 0.127 e. The van der Waals surface area contributed by atoms with Crippen molar-refractivity contribution in [2.24, 2.45) is 5.92 Å². The lowest BCUT2D eigenvalue weighted by atomic mass is 10.1. The molecule has 0 aliphatic carbocycles. The SMILES string of the molecule is CN(Cc1cc(Br)cc2c1OCC2)CC1CCOC1. The van der Waals surface area contributed by atoms with Gasteiger partial charge in [0.1, 0.15) is 5.75 Å². The minimum atomic E-state index is 0.686. The molecule has 19 heavy (non-hydrogen) atoms. The van der Waals surface area contributed by atoms with Gasteiger partial charge in [-0.1, -0.05) is 15.9 Å². The van der Waals surface area contributed by atoms with Crippen molar-refractivity contribution in [3.05, 3.63) is 27.7 Å². The van der Waals surface area contributed by atoms with Gasteiger partial charge in [0, 0.05) is 36.2 Å². The van der Waals surface area contributed by atoms with Crippen LogP contribution in [0.2, 0.25) is 0 Å². The Labute approximate surface area is 123 Å². The molecule has 0 bridgehead atoms. The maximum absolute atomic E-state index is 5.78. The Morgan fingerprint density at radius 1 is 1.37 bits per heavy atom. The molecule has 3 nitrogen and oxygen atoms in total. The van der Waals surface area contributed by atoms with Crippen LogP contribution in [0.15, 0.2) is 16.6 Å². The molecule has 2 aliphatic heterocycles. The molecule has 1 fully saturated rings. The summed E-state index contributed by atoms with van der Waals surface area (Å²) in [5, 5.41) is 0. The average molecular weight is 326 g/mol. The number of hydrogen-bond donors (Lipinski definition) is 0. The Morgan fingerprint density at radius 3 is 3.05 bits per heavy atom. The second kappa shape index (κ2) is 5.81. The number of benzene rings is 1. The van der Waals surface area contributed by atoms with E-state index in [9.17, 15) is 0 Å². The molecule has 1 atom stereocenters. The highest BCUT2D eigenvalue weighted by atomic mass is 79.9. The van der Waals surface area contributed by atoms with E-state index in [2.05, 4.69) is 40.0 Å². The van der Waals surface area contributed by atoms with Crippen molar-refractivity contribution in [1.82, 2.24) is 4.90 Å². The molecule has 0 amide bonds. The van der Waals surface area contributed by atoms with E-state index in [1.54, 1.807) is 0 Å². The van der Waals surface area contributed by atoms with E-state index in [0.29, 0.717) is 5.92 Å². The van der Waals surface area contributed by atoms with Crippen LogP contribution in [0, 0.1) is 5.92 Å². The van der Waals surface area contributed by atoms with Gasteiger partial charge < -0.3 is 14.4 Å². The highest BCUT2D eigenvalue weighted by Crippen LogP contribution is 2.33. The summed E-state index contributed by atoms with van der Waals surface area (Å²) < 4.78 is 12.4. The summed E-state index contributed by atoms with van der Waals surface area (Å²) in [7, 11) is 2.18. The van der Waals surface area contributed by atoms with Crippen molar-refractivity contribution in [2.75, 3.05) is 33.4 Å². The van der Waals surface area contributed by atoms with Gasteiger partial charge in [0.15, 0.2) is 0 Å². The van der Waals surface area contributed by atoms with E-state index in [4.69, 9.17) is 9.47 Å². The third-order valence-electron chi connectivity index (χ3n) is 3.86. The van der Waals surface area contributed by atoms with Crippen molar-refractivity contribution in [2.45, 2.75) is 19.4 Å². The number of rotatable bonds is 4. The first kappa shape index (κ1) is 13.4. The van der Waals surface area contributed by atoms with Crippen LogP contribution in [0.5, 0.6) is 5.75 Å². The number of hydrogen-bond acceptors (Lipinski definition) is 3. The average Bonchev–Trinajstić information content (AvgIpc) is 2.99. The monoisotopic (exact) mass is 325 g/mol. The maximum Gasteiger partial charge on any atom is 0.127 e. The Hall–Kier alpha value is -0.580. The van der Waals surface area contributed by atoms with Crippen LogP contribution < -0.4 is 4.74 Å². The van der Waals surface area contributed by atoms with Crippen LogP contribution in [0.25, 0.3) is 0 Å². The quantitative estimate of drug-likeness (QED) is 0.849. The molecule has 1 saturated heterocycles. The van der Waals surface area contributed by atoms with E-state index < -0.39 is 0 Å². The van der Waals surface area contributed by atoms with Crippen LogP contribution >= 0.6 is 15.9 Å². The van der Waals surface area contributed by atoms with Gasteiger partial charge in [0.2, 0.25) is 0 Å². The molecule has 4 heteroatoms. The molecule has 0 saturated carbocycles. The first-order chi connectivity index (χ1) is 9.22. The molecule has 0 aromatic heterocycles. The molecule has 1 aromatic carbocycles. The highest BCUT2D eigenvalue weighted by Gasteiger charge is 2.21. The molecular weight excluding hydrogens is 306 g/mol. The fourth-order valence-corrected chi connectivity index (χ4v) is 3.54. The van der Waals surface area contributed by atoms with Crippen molar-refractivity contribution in [3.8, 4) is 5.75 Å². The van der Waals surface area contributed by atoms with Crippen molar-refractivity contribution < 1.29 is 9.47 Å². The first-order valence-electron chi connectivity index (χ1n) is 6.93. The van der Waals surface area contributed by atoms with Gasteiger partial charge in [-0.3, -0.25) is 0 Å². The minimum Gasteiger partial charge on any atom is -0.493 e. The summed E-state index contributed by atoms with van der Waals surface area (Å²) >= 11 is 3.60. The number of fused-ring (bicyclic) bond motifs is 1. The summed E-state index contributed by atoms with van der Waals surface area (Å²) in [6.07, 6.45) is 2.22. The van der Waals surface area contributed by atoms with Crippen molar-refractivity contribution >= 4 is 15.9 Å². The predicted molar refractivity (Wildman–Crippen MR) is 78.6 cm³/mol. The van der Waals surface area contributed by atoms with Crippen molar-refractivity contribution in [1.29, 1.82) is 0 Å². The molecule has 2 heterocycles. The first-order valence-corrected chi connectivity index (χ1v) is 7.72. The van der Waals surface area contributed by atoms with Gasteiger partial charge in [0.25, 0.3) is 0 Å². The van der Waals surface area contributed by atoms with E-state index in [1.165, 1.54) is 17.5 Å². The lowest BCUT2D eigenvalue weighted by Gasteiger charge is -2.21. The molecule has 1 unspecified atom stereocenters. The normalized spacial score (nSPS) is 21.7. The second-order valence-corrected chi connectivity index (χ2v) is 6.49. The molecular formula is C15H20BrNO2. The Bertz CT molecular complexity index is 458. The zero-order valence-electron chi connectivity index (χ0n) is 11.3. The fourth-order valence-electron chi connectivity index (χ4n) is 2.99. The van der Waals surface area contributed by atoms with Gasteiger partial charge in [0.05, 0.1) is 13.2 Å². The largest absolute Gasteiger partial charge is 0.493 e.